The summed E-state index contributed by atoms with van der Waals surface area (Å²) in [7, 11) is 0. The van der Waals surface area contributed by atoms with Gasteiger partial charge in [0.15, 0.2) is 6.10 Å². The highest BCUT2D eigenvalue weighted by molar-refractivity contribution is 5.81. The molecule has 1 aromatic rings. The minimum Gasteiger partial charge on any atom is -0.481 e. The number of fused-ring (bicyclic) bond motifs is 2. The number of carbonyl (C=O) groups is 1. The Bertz CT molecular complexity index is 488. The Balaban J connectivity index is 1.51. The Morgan fingerprint density at radius 1 is 1.24 bits per heavy atom. The van der Waals surface area contributed by atoms with E-state index in [9.17, 15) is 4.79 Å². The highest BCUT2D eigenvalue weighted by Gasteiger charge is 2.34. The van der Waals surface area contributed by atoms with E-state index < -0.39 is 6.10 Å². The number of carbonyl (C=O) groups excluding carboxylic acids is 1. The molecule has 0 radical (unpaired) electrons. The molecular formula is C17H24N2O2. The van der Waals surface area contributed by atoms with Crippen molar-refractivity contribution >= 4 is 5.91 Å². The molecule has 0 spiro atoms. The number of ether oxygens (including phenoxy) is 1. The summed E-state index contributed by atoms with van der Waals surface area (Å²) in [6, 6.07) is 9.26. The molecule has 4 nitrogen and oxygen atoms in total. The molecule has 2 aliphatic heterocycles. The predicted molar refractivity (Wildman–Crippen MR) is 82.4 cm³/mol. The summed E-state index contributed by atoms with van der Waals surface area (Å²) in [6.45, 7) is 3.84. The zero-order chi connectivity index (χ0) is 14.8. The van der Waals surface area contributed by atoms with Gasteiger partial charge in [-0.05, 0) is 51.7 Å². The normalized spacial score (nSPS) is 29.0. The van der Waals surface area contributed by atoms with E-state index in [2.05, 4.69) is 10.6 Å². The molecule has 2 fully saturated rings. The van der Waals surface area contributed by atoms with Crippen LogP contribution in [-0.4, -0.2) is 30.1 Å². The van der Waals surface area contributed by atoms with Gasteiger partial charge in [0, 0.05) is 18.1 Å². The van der Waals surface area contributed by atoms with Gasteiger partial charge in [0.05, 0.1) is 0 Å². The molecule has 2 heterocycles. The molecule has 2 aliphatic rings. The second-order valence-corrected chi connectivity index (χ2v) is 6.39. The summed E-state index contributed by atoms with van der Waals surface area (Å²) in [4.78, 5) is 12.3. The molecule has 3 rings (SSSR count). The minimum atomic E-state index is -0.458. The predicted octanol–water partition coefficient (Wildman–Crippen LogP) is 2.16. The van der Waals surface area contributed by atoms with Gasteiger partial charge in [-0.3, -0.25) is 4.79 Å². The lowest BCUT2D eigenvalue weighted by Crippen LogP contribution is -2.50. The third kappa shape index (κ3) is 3.56. The standard InChI is InChI=1S/C17H24N2O2/c1-11-3-7-16(8-4-11)21-12(2)17(20)19-15-9-13-5-6-14(10-15)18-13/h3-4,7-8,12-15,18H,5-6,9-10H2,1-2H3,(H,19,20). The summed E-state index contributed by atoms with van der Waals surface area (Å²) in [5.41, 5.74) is 1.18. The van der Waals surface area contributed by atoms with E-state index in [0.29, 0.717) is 18.1 Å². The number of benzene rings is 1. The van der Waals surface area contributed by atoms with Gasteiger partial charge in [-0.25, -0.2) is 0 Å². The second-order valence-electron chi connectivity index (χ2n) is 6.39. The first-order valence-electron chi connectivity index (χ1n) is 7.90. The van der Waals surface area contributed by atoms with E-state index in [1.165, 1.54) is 18.4 Å². The highest BCUT2D eigenvalue weighted by Crippen LogP contribution is 2.26. The number of nitrogens with one attached hydrogen (secondary N) is 2. The molecule has 0 aromatic heterocycles. The molecule has 2 N–H and O–H groups in total. The maximum Gasteiger partial charge on any atom is 0.260 e. The monoisotopic (exact) mass is 288 g/mol. The largest absolute Gasteiger partial charge is 0.481 e. The van der Waals surface area contributed by atoms with Crippen LogP contribution in [0.25, 0.3) is 0 Å². The van der Waals surface area contributed by atoms with Crippen LogP contribution in [0.5, 0.6) is 5.75 Å². The molecule has 3 atom stereocenters. The Kier molecular flexibility index (Phi) is 4.15. The maximum absolute atomic E-state index is 12.3. The van der Waals surface area contributed by atoms with Crippen LogP contribution < -0.4 is 15.4 Å². The van der Waals surface area contributed by atoms with Crippen molar-refractivity contribution in [1.29, 1.82) is 0 Å². The number of hydrogen-bond donors (Lipinski definition) is 2. The van der Waals surface area contributed by atoms with Crippen molar-refractivity contribution in [2.45, 2.75) is 63.8 Å². The van der Waals surface area contributed by atoms with Crippen molar-refractivity contribution in [3.63, 3.8) is 0 Å². The van der Waals surface area contributed by atoms with Crippen LogP contribution in [0.4, 0.5) is 0 Å². The number of amides is 1. The molecule has 3 unspecified atom stereocenters. The molecule has 0 aliphatic carbocycles. The first kappa shape index (κ1) is 14.4. The van der Waals surface area contributed by atoms with Crippen molar-refractivity contribution < 1.29 is 9.53 Å². The summed E-state index contributed by atoms with van der Waals surface area (Å²) in [5, 5.41) is 6.73. The van der Waals surface area contributed by atoms with Crippen LogP contribution in [0.1, 0.15) is 38.2 Å². The summed E-state index contributed by atoms with van der Waals surface area (Å²) in [5.74, 6) is 0.732. The molecule has 2 bridgehead atoms. The minimum absolute atomic E-state index is 0.0122. The molecule has 1 amide bonds. The van der Waals surface area contributed by atoms with Gasteiger partial charge >= 0.3 is 0 Å². The molecular weight excluding hydrogens is 264 g/mol. The Hall–Kier alpha value is -1.55. The summed E-state index contributed by atoms with van der Waals surface area (Å²) in [6.07, 6.45) is 4.11. The fraction of sp³-hybridized carbons (Fsp3) is 0.588. The number of rotatable bonds is 4. The third-order valence-corrected chi connectivity index (χ3v) is 4.52. The van der Waals surface area contributed by atoms with Crippen molar-refractivity contribution in [2.75, 3.05) is 0 Å². The highest BCUT2D eigenvalue weighted by atomic mass is 16.5. The fourth-order valence-electron chi connectivity index (χ4n) is 3.37. The lowest BCUT2D eigenvalue weighted by molar-refractivity contribution is -0.128. The average molecular weight is 288 g/mol. The van der Waals surface area contributed by atoms with Crippen LogP contribution in [0, 0.1) is 6.92 Å². The SMILES string of the molecule is Cc1ccc(OC(C)C(=O)NC2CC3CCC(C2)N3)cc1. The maximum atomic E-state index is 12.3. The third-order valence-electron chi connectivity index (χ3n) is 4.52. The quantitative estimate of drug-likeness (QED) is 0.892. The van der Waals surface area contributed by atoms with Gasteiger partial charge < -0.3 is 15.4 Å². The van der Waals surface area contributed by atoms with Gasteiger partial charge in [-0.1, -0.05) is 17.7 Å². The molecule has 4 heteroatoms. The Morgan fingerprint density at radius 2 is 1.86 bits per heavy atom. The van der Waals surface area contributed by atoms with E-state index >= 15 is 0 Å². The molecule has 2 saturated heterocycles. The van der Waals surface area contributed by atoms with Crippen molar-refractivity contribution in [1.82, 2.24) is 10.6 Å². The molecule has 1 aromatic carbocycles. The van der Waals surface area contributed by atoms with Crippen molar-refractivity contribution in [3.8, 4) is 5.75 Å². The van der Waals surface area contributed by atoms with E-state index in [4.69, 9.17) is 4.74 Å². The number of aryl methyl sites for hydroxylation is 1. The zero-order valence-corrected chi connectivity index (χ0v) is 12.8. The molecule has 114 valence electrons. The van der Waals surface area contributed by atoms with Gasteiger partial charge in [0.25, 0.3) is 5.91 Å². The van der Waals surface area contributed by atoms with Crippen LogP contribution in [0.15, 0.2) is 24.3 Å². The molecule has 21 heavy (non-hydrogen) atoms. The zero-order valence-electron chi connectivity index (χ0n) is 12.8. The summed E-state index contributed by atoms with van der Waals surface area (Å²) >= 11 is 0. The van der Waals surface area contributed by atoms with E-state index in [0.717, 1.165) is 18.6 Å². The average Bonchev–Trinajstić information content (AvgIpc) is 2.80. The first-order chi connectivity index (χ1) is 10.1. The van der Waals surface area contributed by atoms with Crippen LogP contribution >= 0.6 is 0 Å². The summed E-state index contributed by atoms with van der Waals surface area (Å²) < 4.78 is 5.71. The van der Waals surface area contributed by atoms with Crippen LogP contribution in [0.2, 0.25) is 0 Å². The van der Waals surface area contributed by atoms with Gasteiger partial charge in [0.1, 0.15) is 5.75 Å². The Morgan fingerprint density at radius 3 is 2.48 bits per heavy atom. The lowest BCUT2D eigenvalue weighted by Gasteiger charge is -2.30. The Labute approximate surface area is 126 Å². The lowest BCUT2D eigenvalue weighted by atomic mass is 9.99. The van der Waals surface area contributed by atoms with Crippen molar-refractivity contribution in [2.24, 2.45) is 0 Å². The molecule has 0 saturated carbocycles. The fourth-order valence-corrected chi connectivity index (χ4v) is 3.37. The van der Waals surface area contributed by atoms with Crippen LogP contribution in [-0.2, 0) is 4.79 Å². The number of hydrogen-bond acceptors (Lipinski definition) is 3. The van der Waals surface area contributed by atoms with Crippen molar-refractivity contribution in [3.05, 3.63) is 29.8 Å². The van der Waals surface area contributed by atoms with E-state index in [1.54, 1.807) is 0 Å². The first-order valence-corrected chi connectivity index (χ1v) is 7.90. The van der Waals surface area contributed by atoms with Crippen LogP contribution in [0.3, 0.4) is 0 Å². The second kappa shape index (κ2) is 6.06. The van der Waals surface area contributed by atoms with Gasteiger partial charge in [0.2, 0.25) is 0 Å². The topological polar surface area (TPSA) is 50.4 Å². The number of piperidine rings is 1. The van der Waals surface area contributed by atoms with E-state index in [1.807, 2.05) is 38.1 Å². The van der Waals surface area contributed by atoms with Gasteiger partial charge in [-0.15, -0.1) is 0 Å². The van der Waals surface area contributed by atoms with Gasteiger partial charge in [-0.2, -0.15) is 0 Å². The van der Waals surface area contributed by atoms with E-state index in [-0.39, 0.29) is 5.91 Å². The smallest absolute Gasteiger partial charge is 0.260 e.